The molecule has 0 amide bonds. The summed E-state index contributed by atoms with van der Waals surface area (Å²) in [4.78, 5) is 4.56. The first-order valence-corrected chi connectivity index (χ1v) is 12.2. The summed E-state index contributed by atoms with van der Waals surface area (Å²) in [6.07, 6.45) is 2.46. The summed E-state index contributed by atoms with van der Waals surface area (Å²) in [5.41, 5.74) is 4.97. The van der Waals surface area contributed by atoms with Gasteiger partial charge in [-0.05, 0) is 77.9 Å². The van der Waals surface area contributed by atoms with Crippen LogP contribution in [0.1, 0.15) is 41.3 Å². The average molecular weight is 496 g/mol. The molecule has 0 aliphatic carbocycles. The van der Waals surface area contributed by atoms with Crippen molar-refractivity contribution in [2.45, 2.75) is 51.6 Å². The van der Waals surface area contributed by atoms with Crippen LogP contribution < -0.4 is 4.74 Å². The molecule has 0 fully saturated rings. The Morgan fingerprint density at radius 2 is 1.47 bits per heavy atom. The van der Waals surface area contributed by atoms with Gasteiger partial charge in [0.2, 0.25) is 0 Å². The van der Waals surface area contributed by atoms with Crippen molar-refractivity contribution in [2.75, 3.05) is 6.61 Å². The number of alkyl halides is 3. The number of aromatic nitrogens is 1. The molecule has 4 aromatic rings. The number of pyridine rings is 1. The number of benzene rings is 3. The second-order valence-corrected chi connectivity index (χ2v) is 9.05. The van der Waals surface area contributed by atoms with Crippen LogP contribution in [0.5, 0.6) is 5.75 Å². The zero-order valence-electron chi connectivity index (χ0n) is 20.2. The number of fused-ring (bicyclic) bond motifs is 1. The van der Waals surface area contributed by atoms with Gasteiger partial charge in [-0.25, -0.2) is 4.39 Å². The Morgan fingerprint density at radius 3 is 2.17 bits per heavy atom. The molecule has 6 heteroatoms. The van der Waals surface area contributed by atoms with Crippen molar-refractivity contribution >= 4 is 10.8 Å². The predicted molar refractivity (Wildman–Crippen MR) is 135 cm³/mol. The molecule has 0 saturated heterocycles. The maximum Gasteiger partial charge on any atom is 0.422 e. The minimum Gasteiger partial charge on any atom is -0.484 e. The first kappa shape index (κ1) is 25.7. The second-order valence-electron chi connectivity index (χ2n) is 9.05. The van der Waals surface area contributed by atoms with Crippen LogP contribution in [0.25, 0.3) is 10.8 Å². The van der Waals surface area contributed by atoms with Crippen LogP contribution in [0.15, 0.2) is 72.9 Å². The van der Waals surface area contributed by atoms with Gasteiger partial charge in [-0.1, -0.05) is 61.9 Å². The third kappa shape index (κ3) is 7.06. The van der Waals surface area contributed by atoms with Crippen LogP contribution >= 0.6 is 0 Å². The monoisotopic (exact) mass is 495 g/mol. The van der Waals surface area contributed by atoms with Crippen LogP contribution in [-0.4, -0.2) is 17.8 Å². The van der Waals surface area contributed by atoms with E-state index in [4.69, 9.17) is 4.74 Å². The van der Waals surface area contributed by atoms with Crippen molar-refractivity contribution < 1.29 is 22.3 Å². The first-order valence-electron chi connectivity index (χ1n) is 12.2. The molecule has 0 aliphatic heterocycles. The van der Waals surface area contributed by atoms with Crippen molar-refractivity contribution in [3.05, 3.63) is 107 Å². The zero-order valence-corrected chi connectivity index (χ0v) is 20.2. The van der Waals surface area contributed by atoms with Gasteiger partial charge in [0, 0.05) is 17.3 Å². The summed E-state index contributed by atoms with van der Waals surface area (Å²) in [7, 11) is 0. The molecule has 2 nitrogen and oxygen atoms in total. The molecule has 0 spiro atoms. The summed E-state index contributed by atoms with van der Waals surface area (Å²) in [5, 5.41) is 1.46. The van der Waals surface area contributed by atoms with Gasteiger partial charge in [-0.3, -0.25) is 4.98 Å². The number of hydrogen-bond donors (Lipinski definition) is 0. The third-order valence-electron chi connectivity index (χ3n) is 6.20. The molecule has 4 rings (SSSR count). The van der Waals surface area contributed by atoms with Gasteiger partial charge >= 0.3 is 6.18 Å². The van der Waals surface area contributed by atoms with Crippen LogP contribution in [0, 0.1) is 5.82 Å². The minimum atomic E-state index is -4.37. The molecule has 0 radical (unpaired) electrons. The van der Waals surface area contributed by atoms with Crippen LogP contribution in [0.4, 0.5) is 17.6 Å². The Hall–Kier alpha value is -3.41. The molecular formula is C30H29F4NO. The molecule has 0 saturated carbocycles. The highest BCUT2D eigenvalue weighted by molar-refractivity contribution is 5.84. The van der Waals surface area contributed by atoms with E-state index in [9.17, 15) is 13.2 Å². The van der Waals surface area contributed by atoms with E-state index in [-0.39, 0.29) is 11.6 Å². The van der Waals surface area contributed by atoms with E-state index in [0.717, 1.165) is 47.9 Å². The number of rotatable bonds is 10. The predicted octanol–water partition coefficient (Wildman–Crippen LogP) is 7.84. The zero-order chi connectivity index (χ0) is 25.5. The Morgan fingerprint density at radius 1 is 0.750 bits per heavy atom. The van der Waals surface area contributed by atoms with Gasteiger partial charge in [-0.2, -0.15) is 13.2 Å². The van der Waals surface area contributed by atoms with E-state index < -0.39 is 12.8 Å². The maximum atomic E-state index is 15.2. The van der Waals surface area contributed by atoms with Crippen molar-refractivity contribution in [3.8, 4) is 5.75 Å². The topological polar surface area (TPSA) is 22.1 Å². The number of hydrogen-bond acceptors (Lipinski definition) is 2. The number of nitrogens with zero attached hydrogens (tertiary/aromatic N) is 1. The van der Waals surface area contributed by atoms with E-state index in [1.165, 1.54) is 17.7 Å². The lowest BCUT2D eigenvalue weighted by Gasteiger charge is -2.11. The molecule has 0 aliphatic rings. The van der Waals surface area contributed by atoms with Gasteiger partial charge in [0.15, 0.2) is 6.61 Å². The van der Waals surface area contributed by atoms with Crippen LogP contribution in [-0.2, 0) is 32.1 Å². The number of halogens is 4. The van der Waals surface area contributed by atoms with Gasteiger partial charge < -0.3 is 4.74 Å². The third-order valence-corrected chi connectivity index (χ3v) is 6.20. The summed E-state index contributed by atoms with van der Waals surface area (Å²) in [6, 6.07) is 20.3. The molecule has 0 unspecified atom stereocenters. The van der Waals surface area contributed by atoms with Crippen molar-refractivity contribution in [3.63, 3.8) is 0 Å². The molecule has 0 bridgehead atoms. The van der Waals surface area contributed by atoms with Crippen LogP contribution in [0.2, 0.25) is 0 Å². The lowest BCUT2D eigenvalue weighted by atomic mass is 9.98. The highest BCUT2D eigenvalue weighted by Crippen LogP contribution is 2.25. The molecular weight excluding hydrogens is 466 g/mol. The Balaban J connectivity index is 1.36. The summed E-state index contributed by atoms with van der Waals surface area (Å²) < 4.78 is 56.8. The molecule has 1 heterocycles. The molecule has 188 valence electrons. The van der Waals surface area contributed by atoms with E-state index in [1.54, 1.807) is 12.1 Å². The second kappa shape index (κ2) is 11.5. The summed E-state index contributed by atoms with van der Waals surface area (Å²) in [5.74, 6) is -0.0644. The van der Waals surface area contributed by atoms with Crippen LogP contribution in [0.3, 0.4) is 0 Å². The van der Waals surface area contributed by atoms with E-state index in [0.29, 0.717) is 23.8 Å². The Labute approximate surface area is 209 Å². The fraction of sp³-hybridized carbons (Fsp3) is 0.300. The van der Waals surface area contributed by atoms with Crippen molar-refractivity contribution in [1.82, 2.24) is 4.98 Å². The molecule has 1 aromatic heterocycles. The normalized spacial score (nSPS) is 11.7. The minimum absolute atomic E-state index is 0.160. The highest BCUT2D eigenvalue weighted by atomic mass is 19.4. The fourth-order valence-corrected chi connectivity index (χ4v) is 4.24. The van der Waals surface area contributed by atoms with Crippen molar-refractivity contribution in [1.29, 1.82) is 0 Å². The number of ether oxygens (including phenoxy) is 1. The lowest BCUT2D eigenvalue weighted by molar-refractivity contribution is -0.153. The van der Waals surface area contributed by atoms with Gasteiger partial charge in [0.1, 0.15) is 11.6 Å². The van der Waals surface area contributed by atoms with Gasteiger partial charge in [0.25, 0.3) is 0 Å². The van der Waals surface area contributed by atoms with Crippen molar-refractivity contribution in [2.24, 2.45) is 0 Å². The average Bonchev–Trinajstić information content (AvgIpc) is 2.87. The molecule has 3 aromatic carbocycles. The van der Waals surface area contributed by atoms with Gasteiger partial charge in [0.05, 0.1) is 0 Å². The highest BCUT2D eigenvalue weighted by Gasteiger charge is 2.28. The Kier molecular flexibility index (Phi) is 8.24. The van der Waals surface area contributed by atoms with E-state index in [2.05, 4.69) is 24.0 Å². The molecule has 0 atom stereocenters. The maximum absolute atomic E-state index is 15.2. The molecule has 0 N–H and O–H groups in total. The Bertz CT molecular complexity index is 1280. The molecule has 36 heavy (non-hydrogen) atoms. The van der Waals surface area contributed by atoms with E-state index >= 15 is 4.39 Å². The van der Waals surface area contributed by atoms with Gasteiger partial charge in [-0.15, -0.1) is 0 Å². The smallest absolute Gasteiger partial charge is 0.422 e. The van der Waals surface area contributed by atoms with E-state index in [1.807, 2.05) is 36.5 Å². The summed E-state index contributed by atoms with van der Waals surface area (Å²) >= 11 is 0. The SMILES string of the molecule is CCCc1ccc(CCc2ccc3c(F)c(CCc4ccc(OCC(F)(F)F)cc4)ccc3c2)nc1. The summed E-state index contributed by atoms with van der Waals surface area (Å²) in [6.45, 7) is 0.834. The lowest BCUT2D eigenvalue weighted by Crippen LogP contribution is -2.19. The number of aryl methyl sites for hydroxylation is 5. The quantitative estimate of drug-likeness (QED) is 0.209. The standard InChI is InChI=1S/C30H29F4NO/c1-2-3-23-6-14-26(35-19-23)13-5-22-9-17-28-25(18-22)12-11-24(29(28)31)10-4-21-7-15-27(16-8-21)36-20-30(32,33)34/h6-9,11-12,14-19H,2-5,10,13,20H2,1H3. The fourth-order valence-electron chi connectivity index (χ4n) is 4.24. The first-order chi connectivity index (χ1) is 17.3. The largest absolute Gasteiger partial charge is 0.484 e.